The van der Waals surface area contributed by atoms with Gasteiger partial charge in [0.05, 0.1) is 0 Å². The van der Waals surface area contributed by atoms with E-state index >= 15 is 0 Å². The van der Waals surface area contributed by atoms with Gasteiger partial charge in [0.2, 0.25) is 0 Å². The lowest BCUT2D eigenvalue weighted by atomic mass is 10.1. The minimum atomic E-state index is -0.830. The first kappa shape index (κ1) is 13.7. The molecule has 1 rings (SSSR count). The number of benzene rings is 1. The van der Waals surface area contributed by atoms with Crippen LogP contribution in [0.25, 0.3) is 0 Å². The van der Waals surface area contributed by atoms with Crippen LogP contribution in [-0.4, -0.2) is 23.4 Å². The van der Waals surface area contributed by atoms with Gasteiger partial charge in [0.15, 0.2) is 0 Å². The van der Waals surface area contributed by atoms with Gasteiger partial charge < -0.3 is 9.68 Å². The highest BCUT2D eigenvalue weighted by molar-refractivity contribution is 5.22. The lowest BCUT2D eigenvalue weighted by molar-refractivity contribution is -0.757. The van der Waals surface area contributed by atoms with Gasteiger partial charge in [0.1, 0.15) is 13.2 Å². The molecule has 0 unspecified atom stereocenters. The first-order chi connectivity index (χ1) is 8.58. The van der Waals surface area contributed by atoms with Gasteiger partial charge in [0.25, 0.3) is 10.2 Å². The molecule has 0 aliphatic rings. The predicted molar refractivity (Wildman–Crippen MR) is 59.7 cm³/mol. The Morgan fingerprint density at radius 2 is 1.17 bits per heavy atom. The van der Waals surface area contributed by atoms with Crippen molar-refractivity contribution in [1.82, 2.24) is 0 Å². The third-order valence-corrected chi connectivity index (χ3v) is 2.20. The summed E-state index contributed by atoms with van der Waals surface area (Å²) in [7, 11) is 0. The third-order valence-electron chi connectivity index (χ3n) is 2.20. The van der Waals surface area contributed by atoms with Crippen LogP contribution in [0.15, 0.2) is 24.3 Å². The van der Waals surface area contributed by atoms with Crippen molar-refractivity contribution in [2.75, 3.05) is 13.2 Å². The highest BCUT2D eigenvalue weighted by Crippen LogP contribution is 2.06. The molecule has 0 saturated carbocycles. The van der Waals surface area contributed by atoms with E-state index in [1.807, 2.05) is 0 Å². The maximum absolute atomic E-state index is 9.93. The lowest BCUT2D eigenvalue weighted by Crippen LogP contribution is -2.05. The molecule has 1 aromatic rings. The molecule has 0 aromatic heterocycles. The van der Waals surface area contributed by atoms with E-state index in [4.69, 9.17) is 0 Å². The first-order valence-electron chi connectivity index (χ1n) is 5.20. The summed E-state index contributed by atoms with van der Waals surface area (Å²) in [6, 6.07) is 7.19. The molecule has 0 heterocycles. The number of hydrogen-bond donors (Lipinski definition) is 0. The highest BCUT2D eigenvalue weighted by Gasteiger charge is 1.99. The van der Waals surface area contributed by atoms with E-state index in [0.717, 1.165) is 11.1 Å². The van der Waals surface area contributed by atoms with E-state index in [1.165, 1.54) is 0 Å². The molecule has 0 N–H and O–H groups in total. The Hall–Kier alpha value is -2.38. The number of rotatable bonds is 8. The van der Waals surface area contributed by atoms with Crippen molar-refractivity contribution in [3.8, 4) is 0 Å². The smallest absolute Gasteiger partial charge is 0.294 e. The van der Waals surface area contributed by atoms with Crippen LogP contribution in [0.2, 0.25) is 0 Å². The zero-order valence-electron chi connectivity index (χ0n) is 9.48. The summed E-state index contributed by atoms with van der Waals surface area (Å²) >= 11 is 0. The largest absolute Gasteiger partial charge is 0.314 e. The Labute approximate surface area is 102 Å². The van der Waals surface area contributed by atoms with Crippen LogP contribution in [0, 0.1) is 20.2 Å². The van der Waals surface area contributed by atoms with Crippen LogP contribution < -0.4 is 0 Å². The summed E-state index contributed by atoms with van der Waals surface area (Å²) in [5.74, 6) is 0. The molecule has 0 aliphatic heterocycles. The van der Waals surface area contributed by atoms with E-state index in [2.05, 4.69) is 9.68 Å². The summed E-state index contributed by atoms with van der Waals surface area (Å²) in [6.07, 6.45) is 0.874. The van der Waals surface area contributed by atoms with Crippen molar-refractivity contribution in [2.24, 2.45) is 0 Å². The summed E-state index contributed by atoms with van der Waals surface area (Å²) in [4.78, 5) is 28.3. The van der Waals surface area contributed by atoms with Crippen LogP contribution in [0.4, 0.5) is 0 Å². The van der Waals surface area contributed by atoms with E-state index in [0.29, 0.717) is 12.8 Å². The second-order valence-electron chi connectivity index (χ2n) is 3.43. The molecule has 0 atom stereocenters. The van der Waals surface area contributed by atoms with E-state index in [1.54, 1.807) is 24.3 Å². The Bertz CT molecular complexity index is 366. The molecule has 1 aromatic carbocycles. The van der Waals surface area contributed by atoms with Gasteiger partial charge in [-0.2, -0.15) is 0 Å². The van der Waals surface area contributed by atoms with Gasteiger partial charge in [-0.3, -0.25) is 0 Å². The zero-order valence-corrected chi connectivity index (χ0v) is 9.48. The van der Waals surface area contributed by atoms with Crippen LogP contribution >= 0.6 is 0 Å². The average Bonchev–Trinajstić information content (AvgIpc) is 2.30. The maximum Gasteiger partial charge on any atom is 0.294 e. The van der Waals surface area contributed by atoms with E-state index in [-0.39, 0.29) is 13.2 Å². The molecule has 0 spiro atoms. The van der Waals surface area contributed by atoms with Crippen molar-refractivity contribution >= 4 is 0 Å². The normalized spacial score (nSPS) is 9.78. The first-order valence-corrected chi connectivity index (χ1v) is 5.20. The van der Waals surface area contributed by atoms with Crippen LogP contribution in [0.3, 0.4) is 0 Å². The topological polar surface area (TPSA) is 105 Å². The van der Waals surface area contributed by atoms with Gasteiger partial charge in [-0.25, -0.2) is 0 Å². The maximum atomic E-state index is 9.93. The van der Waals surface area contributed by atoms with Crippen molar-refractivity contribution < 1.29 is 19.8 Å². The Balaban J connectivity index is 2.33. The molecule has 98 valence electrons. The summed E-state index contributed by atoms with van der Waals surface area (Å²) in [5, 5.41) is 18.2. The van der Waals surface area contributed by atoms with E-state index in [9.17, 15) is 20.2 Å². The fraction of sp³-hybridized carbons (Fsp3) is 0.400. The minimum Gasteiger partial charge on any atom is -0.314 e. The molecule has 0 bridgehead atoms. The molecule has 18 heavy (non-hydrogen) atoms. The predicted octanol–water partition coefficient (Wildman–Crippen LogP) is 1.19. The van der Waals surface area contributed by atoms with Crippen molar-refractivity contribution in [3.05, 3.63) is 55.6 Å². The molecule has 0 saturated heterocycles. The molecule has 0 fully saturated rings. The Kier molecular flexibility index (Phi) is 5.36. The molecule has 0 amide bonds. The summed E-state index contributed by atoms with van der Waals surface area (Å²) in [5.41, 5.74) is 1.80. The van der Waals surface area contributed by atoms with Gasteiger partial charge in [-0.1, -0.05) is 24.3 Å². The lowest BCUT2D eigenvalue weighted by Gasteiger charge is -2.03. The third kappa shape index (κ3) is 5.64. The van der Waals surface area contributed by atoms with Crippen LogP contribution in [0.5, 0.6) is 0 Å². The van der Waals surface area contributed by atoms with Crippen molar-refractivity contribution in [3.63, 3.8) is 0 Å². The van der Waals surface area contributed by atoms with Crippen LogP contribution in [0.1, 0.15) is 11.1 Å². The van der Waals surface area contributed by atoms with Gasteiger partial charge in [0, 0.05) is 0 Å². The number of nitrogens with zero attached hydrogens (tertiary/aromatic N) is 2. The van der Waals surface area contributed by atoms with Gasteiger partial charge in [-0.05, 0) is 24.0 Å². The highest BCUT2D eigenvalue weighted by atomic mass is 17.0. The van der Waals surface area contributed by atoms with E-state index < -0.39 is 10.2 Å². The molecule has 8 nitrogen and oxygen atoms in total. The molecular weight excluding hydrogens is 244 g/mol. The summed E-state index contributed by atoms with van der Waals surface area (Å²) in [6.45, 7) is 0.0214. The Morgan fingerprint density at radius 1 is 0.833 bits per heavy atom. The standard InChI is InChI=1S/C10H12N2O6/c13-11(14)17-7-5-9-1-2-10(4-3-9)6-8-18-12(15)16/h1-4H,5-8H2. The fourth-order valence-corrected chi connectivity index (χ4v) is 1.35. The second kappa shape index (κ2) is 7.05. The quantitative estimate of drug-likeness (QED) is 0.511. The SMILES string of the molecule is O=[N+]([O-])OCCc1ccc(CCO[N+](=O)[O-])cc1. The Morgan fingerprint density at radius 3 is 1.44 bits per heavy atom. The monoisotopic (exact) mass is 256 g/mol. The number of hydrogen-bond acceptors (Lipinski definition) is 6. The molecular formula is C10H12N2O6. The van der Waals surface area contributed by atoms with Gasteiger partial charge >= 0.3 is 0 Å². The van der Waals surface area contributed by atoms with Crippen molar-refractivity contribution in [2.45, 2.75) is 12.8 Å². The fourth-order valence-electron chi connectivity index (χ4n) is 1.35. The second-order valence-corrected chi connectivity index (χ2v) is 3.43. The van der Waals surface area contributed by atoms with Crippen LogP contribution in [-0.2, 0) is 22.5 Å². The zero-order chi connectivity index (χ0) is 13.4. The summed E-state index contributed by atoms with van der Waals surface area (Å²) < 4.78 is 0. The average molecular weight is 256 g/mol. The molecule has 8 heteroatoms. The van der Waals surface area contributed by atoms with Gasteiger partial charge in [-0.15, -0.1) is 20.2 Å². The molecule has 0 radical (unpaired) electrons. The minimum absolute atomic E-state index is 0.0107. The molecule has 0 aliphatic carbocycles. The van der Waals surface area contributed by atoms with Crippen molar-refractivity contribution in [1.29, 1.82) is 0 Å².